The summed E-state index contributed by atoms with van der Waals surface area (Å²) in [5, 5.41) is 22.1. The maximum absolute atomic E-state index is 14.6. The highest BCUT2D eigenvalue weighted by molar-refractivity contribution is 5.98. The number of guanidine groups is 1. The van der Waals surface area contributed by atoms with Crippen molar-refractivity contribution in [2.24, 2.45) is 63.3 Å². The molecule has 2 aromatic heterocycles. The molecule has 11 atom stereocenters. The predicted octanol–water partition coefficient (Wildman–Crippen LogP) is -0.978. The van der Waals surface area contributed by atoms with Gasteiger partial charge in [-0.3, -0.25) is 48.1 Å². The van der Waals surface area contributed by atoms with Crippen LogP contribution in [-0.2, 0) is 56.0 Å². The molecular weight excluding hydrogens is 1040 g/mol. The standard InChI is InChI=1S/C54H96N18O9/c1-11-32(9)43(71-46(74)36(56)20-29(3)4)52(80)66-37(16-13-14-18-55)48(76)68-42(24-35-26-61-28-64-35)51(79)72-44(33(10)12-2)53(81)70-40(22-31(7)8)49(77)69-41(23-34-25-60-27-63-34)50(78)65-38(17-15-19-62-54(58)59)47(75)67-39(45(57)73)21-30(5)6/h25-33,36-44H,11-24,55-56H2,1-10H3,(H2,57,73)(H,60,63)(H,61,64)(H,65,78)(H,66,80)(H,67,75)(H,68,76)(H,69,77)(H,70,81)(H,71,74)(H,72,79)(H4,58,59,62)/t32-,33-,36-,37-,38-,39-,40-,41-,42-,43-,44-/m0/s1. The molecule has 0 aliphatic carbocycles. The summed E-state index contributed by atoms with van der Waals surface area (Å²) >= 11 is 0. The van der Waals surface area contributed by atoms with Gasteiger partial charge >= 0.3 is 0 Å². The summed E-state index contributed by atoms with van der Waals surface area (Å²) in [6.45, 7) is 18.9. The molecule has 2 aromatic rings. The number of nitrogens with zero attached hydrogens (tertiary/aromatic N) is 3. The molecule has 0 unspecified atom stereocenters. The molecule has 0 spiro atoms. The third kappa shape index (κ3) is 25.9. The highest BCUT2D eigenvalue weighted by Crippen LogP contribution is 2.16. The number of hydrogen-bond acceptors (Lipinski definition) is 14. The molecule has 2 rings (SSSR count). The number of H-pyrrole nitrogens is 2. The van der Waals surface area contributed by atoms with Crippen molar-refractivity contribution in [1.29, 1.82) is 0 Å². The minimum atomic E-state index is -1.35. The van der Waals surface area contributed by atoms with Gasteiger partial charge in [-0.15, -0.1) is 0 Å². The number of nitrogens with one attached hydrogen (secondary N) is 10. The number of aliphatic imine (C=N–C) groups is 1. The molecule has 9 amide bonds. The highest BCUT2D eigenvalue weighted by atomic mass is 16.2. The molecule has 456 valence electrons. The van der Waals surface area contributed by atoms with E-state index in [-0.39, 0.29) is 81.1 Å². The summed E-state index contributed by atoms with van der Waals surface area (Å²) in [4.78, 5) is 144. The maximum atomic E-state index is 14.6. The molecule has 20 N–H and O–H groups in total. The van der Waals surface area contributed by atoms with Crippen LogP contribution in [0.2, 0.25) is 0 Å². The van der Waals surface area contributed by atoms with Gasteiger partial charge in [0.05, 0.1) is 18.7 Å². The lowest BCUT2D eigenvalue weighted by Crippen LogP contribution is -2.62. The van der Waals surface area contributed by atoms with Crippen LogP contribution in [0.3, 0.4) is 0 Å². The van der Waals surface area contributed by atoms with E-state index in [1.807, 2.05) is 55.4 Å². The highest BCUT2D eigenvalue weighted by Gasteiger charge is 2.37. The van der Waals surface area contributed by atoms with Crippen molar-refractivity contribution in [3.8, 4) is 0 Å². The van der Waals surface area contributed by atoms with E-state index in [4.69, 9.17) is 28.7 Å². The lowest BCUT2D eigenvalue weighted by atomic mass is 9.95. The Hall–Kier alpha value is -7.16. The van der Waals surface area contributed by atoms with Crippen LogP contribution in [0.4, 0.5) is 0 Å². The van der Waals surface area contributed by atoms with E-state index in [1.165, 1.54) is 25.0 Å². The second kappa shape index (κ2) is 36.2. The van der Waals surface area contributed by atoms with E-state index < -0.39 is 113 Å². The van der Waals surface area contributed by atoms with Crippen LogP contribution in [0, 0.1) is 29.6 Å². The smallest absolute Gasteiger partial charge is 0.243 e. The molecular formula is C54H96N18O9. The Morgan fingerprint density at radius 2 is 0.877 bits per heavy atom. The van der Waals surface area contributed by atoms with Gasteiger partial charge in [-0.2, -0.15) is 0 Å². The van der Waals surface area contributed by atoms with Crippen LogP contribution in [-0.4, -0.2) is 147 Å². The largest absolute Gasteiger partial charge is 0.370 e. The lowest BCUT2D eigenvalue weighted by Gasteiger charge is -2.30. The Morgan fingerprint density at radius 1 is 0.494 bits per heavy atom. The zero-order valence-corrected chi connectivity index (χ0v) is 49.2. The summed E-state index contributed by atoms with van der Waals surface area (Å²) in [6.07, 6.45) is 8.42. The fourth-order valence-electron chi connectivity index (χ4n) is 8.75. The van der Waals surface area contributed by atoms with Gasteiger partial charge in [-0.1, -0.05) is 82.1 Å². The number of rotatable bonds is 39. The summed E-state index contributed by atoms with van der Waals surface area (Å²) in [5.41, 5.74) is 29.5. The Balaban J connectivity index is 2.51. The predicted molar refractivity (Wildman–Crippen MR) is 307 cm³/mol. The fourth-order valence-corrected chi connectivity index (χ4v) is 8.75. The average Bonchev–Trinajstić information content (AvgIpc) is 4.15. The molecule has 27 nitrogen and oxygen atoms in total. The van der Waals surface area contributed by atoms with Gasteiger partial charge < -0.3 is 81.2 Å². The molecule has 0 fully saturated rings. The van der Waals surface area contributed by atoms with Gasteiger partial charge in [0.25, 0.3) is 0 Å². The minimum Gasteiger partial charge on any atom is -0.370 e. The van der Waals surface area contributed by atoms with E-state index in [9.17, 15) is 43.2 Å². The van der Waals surface area contributed by atoms with Crippen molar-refractivity contribution in [3.63, 3.8) is 0 Å². The topological polar surface area (TPSA) is 450 Å². The fraction of sp³-hybridized carbons (Fsp3) is 0.704. The number of nitrogens with two attached hydrogens (primary N) is 5. The third-order valence-corrected chi connectivity index (χ3v) is 13.7. The quantitative estimate of drug-likeness (QED) is 0.0217. The number of aromatic amines is 2. The van der Waals surface area contributed by atoms with E-state index in [1.54, 1.807) is 13.8 Å². The molecule has 2 heterocycles. The zero-order chi connectivity index (χ0) is 60.9. The van der Waals surface area contributed by atoms with Gasteiger partial charge in [0.15, 0.2) is 5.96 Å². The van der Waals surface area contributed by atoms with Gasteiger partial charge in [-0.05, 0) is 87.5 Å². The summed E-state index contributed by atoms with van der Waals surface area (Å²) < 4.78 is 0. The van der Waals surface area contributed by atoms with Crippen LogP contribution in [0.25, 0.3) is 0 Å². The first kappa shape index (κ1) is 69.9. The normalized spacial score (nSPS) is 15.5. The van der Waals surface area contributed by atoms with Crippen LogP contribution < -0.4 is 71.2 Å². The van der Waals surface area contributed by atoms with E-state index in [2.05, 4.69) is 67.5 Å². The summed E-state index contributed by atoms with van der Waals surface area (Å²) in [5.74, 6) is -7.47. The number of unbranched alkanes of at least 4 members (excludes halogenated alkanes) is 1. The van der Waals surface area contributed by atoms with Crippen molar-refractivity contribution >= 4 is 59.1 Å². The molecule has 81 heavy (non-hydrogen) atoms. The van der Waals surface area contributed by atoms with Crippen LogP contribution in [0.15, 0.2) is 30.0 Å². The Bertz CT molecular complexity index is 2310. The first-order valence-corrected chi connectivity index (χ1v) is 28.4. The van der Waals surface area contributed by atoms with E-state index in [0.717, 1.165) is 0 Å². The molecule has 27 heteroatoms. The maximum Gasteiger partial charge on any atom is 0.243 e. The van der Waals surface area contributed by atoms with Crippen molar-refractivity contribution in [2.45, 2.75) is 201 Å². The molecule has 0 aliphatic rings. The molecule has 0 radical (unpaired) electrons. The van der Waals surface area contributed by atoms with Crippen molar-refractivity contribution < 1.29 is 43.2 Å². The second-order valence-electron chi connectivity index (χ2n) is 22.3. The molecule has 0 aromatic carbocycles. The second-order valence-corrected chi connectivity index (χ2v) is 22.3. The number of carbonyl (C=O) groups excluding carboxylic acids is 9. The number of carbonyl (C=O) groups is 9. The van der Waals surface area contributed by atoms with Gasteiger partial charge in [0.1, 0.15) is 48.3 Å². The van der Waals surface area contributed by atoms with Gasteiger partial charge in [0.2, 0.25) is 53.2 Å². The third-order valence-electron chi connectivity index (χ3n) is 13.7. The Kier molecular flexibility index (Phi) is 31.3. The lowest BCUT2D eigenvalue weighted by molar-refractivity contribution is -0.136. The van der Waals surface area contributed by atoms with Crippen molar-refractivity contribution in [3.05, 3.63) is 36.4 Å². The first-order chi connectivity index (χ1) is 38.2. The van der Waals surface area contributed by atoms with Gasteiger partial charge in [0, 0.05) is 43.2 Å². The monoisotopic (exact) mass is 1140 g/mol. The van der Waals surface area contributed by atoms with Crippen molar-refractivity contribution in [2.75, 3.05) is 13.1 Å². The Morgan fingerprint density at radius 3 is 1.30 bits per heavy atom. The van der Waals surface area contributed by atoms with E-state index in [0.29, 0.717) is 50.0 Å². The number of imidazole rings is 2. The first-order valence-electron chi connectivity index (χ1n) is 28.4. The van der Waals surface area contributed by atoms with Crippen LogP contribution in [0.5, 0.6) is 0 Å². The number of aromatic nitrogens is 4. The molecule has 0 saturated carbocycles. The van der Waals surface area contributed by atoms with E-state index >= 15 is 0 Å². The number of amides is 9. The van der Waals surface area contributed by atoms with Crippen molar-refractivity contribution in [1.82, 2.24) is 62.5 Å². The Labute approximate surface area is 476 Å². The SMILES string of the molecule is CC[C@H](C)[C@H](NC(=O)[C@H](Cc1cnc[nH]1)NC(=O)[C@H](CCCCN)NC(=O)[C@@H](NC(=O)[C@@H](N)CC(C)C)[C@@H](C)CC)C(=O)N[C@@H](CC(C)C)C(=O)N[C@@H](Cc1cnc[nH]1)C(=O)N[C@@H](CCCN=C(N)N)C(=O)N[C@@H](CC(C)C)C(N)=O. The zero-order valence-electron chi connectivity index (χ0n) is 49.2. The van der Waals surface area contributed by atoms with Crippen LogP contribution >= 0.6 is 0 Å². The molecule has 0 bridgehead atoms. The molecule has 0 saturated heterocycles. The average molecular weight is 1140 g/mol. The van der Waals surface area contributed by atoms with Gasteiger partial charge in [-0.25, -0.2) is 9.97 Å². The number of hydrogen-bond donors (Lipinski definition) is 15. The van der Waals surface area contributed by atoms with Crippen LogP contribution in [0.1, 0.15) is 145 Å². The number of primary amides is 1. The summed E-state index contributed by atoms with van der Waals surface area (Å²) in [7, 11) is 0. The minimum absolute atomic E-state index is 0.0192. The summed E-state index contributed by atoms with van der Waals surface area (Å²) in [6, 6.07) is -10.6. The molecule has 0 aliphatic heterocycles.